The maximum atomic E-state index is 12.2. The van der Waals surface area contributed by atoms with Gasteiger partial charge < -0.3 is 15.5 Å². The number of amides is 1. The fourth-order valence-corrected chi connectivity index (χ4v) is 3.87. The molecule has 20 heavy (non-hydrogen) atoms. The first-order chi connectivity index (χ1) is 9.74. The average molecular weight is 291 g/mol. The van der Waals surface area contributed by atoms with E-state index < -0.39 is 0 Å². The molecule has 1 aromatic carbocycles. The van der Waals surface area contributed by atoms with E-state index >= 15 is 0 Å². The van der Waals surface area contributed by atoms with E-state index in [0.717, 1.165) is 29.4 Å². The third kappa shape index (κ3) is 2.94. The Labute approximate surface area is 124 Å². The number of rotatable bonds is 3. The first-order valence-electron chi connectivity index (χ1n) is 7.29. The first-order valence-corrected chi connectivity index (χ1v) is 8.27. The normalized spacial score (nSPS) is 20.0. The van der Waals surface area contributed by atoms with E-state index in [1.807, 2.05) is 23.1 Å². The molecular weight excluding hydrogens is 270 g/mol. The van der Waals surface area contributed by atoms with Crippen LogP contribution >= 0.6 is 11.8 Å². The lowest BCUT2D eigenvalue weighted by atomic mass is 10.1. The van der Waals surface area contributed by atoms with E-state index in [1.165, 1.54) is 32.4 Å². The zero-order valence-corrected chi connectivity index (χ0v) is 12.5. The van der Waals surface area contributed by atoms with Gasteiger partial charge in [0.25, 0.3) is 0 Å². The largest absolute Gasteiger partial charge is 0.399 e. The maximum Gasteiger partial charge on any atom is 0.237 e. The van der Waals surface area contributed by atoms with Gasteiger partial charge in [-0.15, -0.1) is 11.8 Å². The number of thioether (sulfide) groups is 1. The molecule has 2 aliphatic heterocycles. The third-order valence-corrected chi connectivity index (χ3v) is 5.04. The van der Waals surface area contributed by atoms with Crippen molar-refractivity contribution >= 4 is 29.0 Å². The number of nitrogens with two attached hydrogens (primary N) is 1. The molecule has 0 atom stereocenters. The Bertz CT molecular complexity index is 500. The van der Waals surface area contributed by atoms with E-state index in [9.17, 15) is 4.79 Å². The van der Waals surface area contributed by atoms with Crippen LogP contribution in [0.4, 0.5) is 11.4 Å². The Morgan fingerprint density at radius 3 is 2.75 bits per heavy atom. The molecule has 2 aliphatic rings. The molecule has 5 heteroatoms. The van der Waals surface area contributed by atoms with Gasteiger partial charge in [-0.1, -0.05) is 6.42 Å². The number of piperidine rings is 1. The Balaban J connectivity index is 1.70. The van der Waals surface area contributed by atoms with Gasteiger partial charge in [0.1, 0.15) is 0 Å². The molecule has 1 saturated heterocycles. The molecule has 0 aliphatic carbocycles. The van der Waals surface area contributed by atoms with Crippen molar-refractivity contribution in [3.63, 3.8) is 0 Å². The van der Waals surface area contributed by atoms with E-state index in [-0.39, 0.29) is 5.91 Å². The Morgan fingerprint density at radius 1 is 1.15 bits per heavy atom. The summed E-state index contributed by atoms with van der Waals surface area (Å²) in [4.78, 5) is 17.7. The zero-order chi connectivity index (χ0) is 13.9. The predicted molar refractivity (Wildman–Crippen MR) is 84.2 cm³/mol. The summed E-state index contributed by atoms with van der Waals surface area (Å²) in [7, 11) is 0. The van der Waals surface area contributed by atoms with Crippen LogP contribution in [0, 0.1) is 0 Å². The highest BCUT2D eigenvalue weighted by Gasteiger charge is 2.25. The number of carbonyl (C=O) groups is 1. The molecule has 0 unspecified atom stereocenters. The van der Waals surface area contributed by atoms with Crippen LogP contribution in [0.1, 0.15) is 19.3 Å². The molecular formula is C15H21N3OS. The Kier molecular flexibility index (Phi) is 4.17. The summed E-state index contributed by atoms with van der Waals surface area (Å²) in [6.07, 6.45) is 3.92. The summed E-state index contributed by atoms with van der Waals surface area (Å²) < 4.78 is 0. The summed E-state index contributed by atoms with van der Waals surface area (Å²) in [6.45, 7) is 4.10. The highest BCUT2D eigenvalue weighted by atomic mass is 32.2. The number of carbonyl (C=O) groups excluding carboxylic acids is 1. The van der Waals surface area contributed by atoms with Crippen molar-refractivity contribution < 1.29 is 4.79 Å². The monoisotopic (exact) mass is 291 g/mol. The van der Waals surface area contributed by atoms with E-state index in [2.05, 4.69) is 4.90 Å². The van der Waals surface area contributed by atoms with Gasteiger partial charge in [0.2, 0.25) is 5.91 Å². The van der Waals surface area contributed by atoms with Crippen LogP contribution in [0.15, 0.2) is 23.1 Å². The highest BCUT2D eigenvalue weighted by Crippen LogP contribution is 2.36. The molecule has 4 nitrogen and oxygen atoms in total. The number of hydrogen-bond donors (Lipinski definition) is 1. The number of anilines is 2. The molecule has 0 bridgehead atoms. The fourth-order valence-electron chi connectivity index (χ4n) is 2.89. The Hall–Kier alpha value is -1.20. The third-order valence-electron chi connectivity index (χ3n) is 4.02. The van der Waals surface area contributed by atoms with Gasteiger partial charge in [-0.3, -0.25) is 4.79 Å². The molecule has 1 fully saturated rings. The second kappa shape index (κ2) is 6.06. The van der Waals surface area contributed by atoms with Gasteiger partial charge in [0, 0.05) is 23.7 Å². The summed E-state index contributed by atoms with van der Waals surface area (Å²) in [5.74, 6) is 0.737. The molecule has 2 heterocycles. The minimum atomic E-state index is 0.212. The van der Waals surface area contributed by atoms with Gasteiger partial charge in [0.15, 0.2) is 0 Å². The number of hydrogen-bond acceptors (Lipinski definition) is 4. The van der Waals surface area contributed by atoms with Gasteiger partial charge >= 0.3 is 0 Å². The van der Waals surface area contributed by atoms with Gasteiger partial charge in [-0.05, 0) is 44.1 Å². The van der Waals surface area contributed by atoms with Crippen LogP contribution < -0.4 is 10.6 Å². The van der Waals surface area contributed by atoms with E-state index in [0.29, 0.717) is 5.75 Å². The van der Waals surface area contributed by atoms with Gasteiger partial charge in [-0.2, -0.15) is 0 Å². The van der Waals surface area contributed by atoms with Crippen LogP contribution in [0.2, 0.25) is 0 Å². The second-order valence-electron chi connectivity index (χ2n) is 5.46. The molecule has 3 rings (SSSR count). The average Bonchev–Trinajstić information content (AvgIpc) is 2.47. The van der Waals surface area contributed by atoms with Gasteiger partial charge in [0.05, 0.1) is 11.4 Å². The highest BCUT2D eigenvalue weighted by molar-refractivity contribution is 8.00. The Morgan fingerprint density at radius 2 is 1.95 bits per heavy atom. The van der Waals surface area contributed by atoms with Gasteiger partial charge in [-0.25, -0.2) is 0 Å². The van der Waals surface area contributed by atoms with Crippen LogP contribution in [0.25, 0.3) is 0 Å². The fraction of sp³-hybridized carbons (Fsp3) is 0.533. The standard InChI is InChI=1S/C15H21N3OS/c16-12-4-5-13-14(10-12)20-11-15(19)18(13)9-8-17-6-2-1-3-7-17/h4-5,10H,1-3,6-9,11,16H2. The van der Waals surface area contributed by atoms with Crippen LogP contribution in [0.5, 0.6) is 0 Å². The van der Waals surface area contributed by atoms with Crippen molar-refractivity contribution in [1.29, 1.82) is 0 Å². The number of likely N-dealkylation sites (tertiary alicyclic amines) is 1. The molecule has 0 aromatic heterocycles. The molecule has 1 amide bonds. The molecule has 0 spiro atoms. The van der Waals surface area contributed by atoms with Crippen LogP contribution in [-0.2, 0) is 4.79 Å². The molecule has 2 N–H and O–H groups in total. The summed E-state index contributed by atoms with van der Waals surface area (Å²) >= 11 is 1.59. The van der Waals surface area contributed by atoms with Crippen molar-refractivity contribution in [2.45, 2.75) is 24.2 Å². The van der Waals surface area contributed by atoms with Crippen molar-refractivity contribution in [3.05, 3.63) is 18.2 Å². The topological polar surface area (TPSA) is 49.6 Å². The summed E-state index contributed by atoms with van der Waals surface area (Å²) in [5.41, 5.74) is 7.62. The van der Waals surface area contributed by atoms with Crippen molar-refractivity contribution in [1.82, 2.24) is 4.90 Å². The number of fused-ring (bicyclic) bond motifs is 1. The first kappa shape index (κ1) is 13.8. The zero-order valence-electron chi connectivity index (χ0n) is 11.7. The van der Waals surface area contributed by atoms with E-state index in [1.54, 1.807) is 11.8 Å². The molecule has 108 valence electrons. The summed E-state index contributed by atoms with van der Waals surface area (Å²) in [5, 5.41) is 0. The molecule has 1 aromatic rings. The van der Waals surface area contributed by atoms with Crippen LogP contribution in [0.3, 0.4) is 0 Å². The lowest BCUT2D eigenvalue weighted by Gasteiger charge is -2.33. The smallest absolute Gasteiger partial charge is 0.237 e. The number of benzene rings is 1. The lowest BCUT2D eigenvalue weighted by molar-refractivity contribution is -0.116. The van der Waals surface area contributed by atoms with Crippen molar-refractivity contribution in [3.8, 4) is 0 Å². The quantitative estimate of drug-likeness (QED) is 0.867. The number of nitrogen functional groups attached to an aromatic ring is 1. The van der Waals surface area contributed by atoms with Crippen LogP contribution in [-0.4, -0.2) is 42.7 Å². The van der Waals surface area contributed by atoms with Crippen molar-refractivity contribution in [2.75, 3.05) is 42.6 Å². The number of nitrogens with zero attached hydrogens (tertiary/aromatic N) is 2. The predicted octanol–water partition coefficient (Wildman–Crippen LogP) is 2.19. The van der Waals surface area contributed by atoms with E-state index in [4.69, 9.17) is 5.73 Å². The van der Waals surface area contributed by atoms with Crippen molar-refractivity contribution in [2.24, 2.45) is 0 Å². The molecule has 0 radical (unpaired) electrons. The SMILES string of the molecule is Nc1ccc2c(c1)SCC(=O)N2CCN1CCCCC1. The lowest BCUT2D eigenvalue weighted by Crippen LogP contribution is -2.42. The summed E-state index contributed by atoms with van der Waals surface area (Å²) in [6, 6.07) is 5.83. The molecule has 0 saturated carbocycles. The minimum Gasteiger partial charge on any atom is -0.399 e. The minimum absolute atomic E-state index is 0.212. The second-order valence-corrected chi connectivity index (χ2v) is 6.48. The maximum absolute atomic E-state index is 12.2.